The lowest BCUT2D eigenvalue weighted by molar-refractivity contribution is 0.140. The fourth-order valence-corrected chi connectivity index (χ4v) is 3.62. The Kier molecular flexibility index (Phi) is 4.11. The first kappa shape index (κ1) is 16.9. The fourth-order valence-electron chi connectivity index (χ4n) is 3.62. The average molecular weight is 348 g/mol. The van der Waals surface area contributed by atoms with Gasteiger partial charge in [-0.05, 0) is 45.0 Å². The summed E-state index contributed by atoms with van der Waals surface area (Å²) in [6, 6.07) is 11.7. The lowest BCUT2D eigenvalue weighted by Gasteiger charge is -2.34. The van der Waals surface area contributed by atoms with Gasteiger partial charge in [0.2, 0.25) is 0 Å². The van der Waals surface area contributed by atoms with Crippen molar-refractivity contribution < 1.29 is 0 Å². The van der Waals surface area contributed by atoms with E-state index in [1.165, 1.54) is 0 Å². The Bertz CT molecular complexity index is 1000. The van der Waals surface area contributed by atoms with Crippen LogP contribution in [-0.2, 0) is 13.0 Å². The molecule has 0 saturated carbocycles. The molecule has 0 atom stereocenters. The van der Waals surface area contributed by atoms with E-state index in [9.17, 15) is 4.79 Å². The Morgan fingerprint density at radius 3 is 2.62 bits per heavy atom. The normalized spacial score (nSPS) is 15.7. The lowest BCUT2D eigenvalue weighted by atomic mass is 10.1. The van der Waals surface area contributed by atoms with Gasteiger partial charge >= 0.3 is 0 Å². The number of nitrogens with zero attached hydrogens (tertiary/aromatic N) is 4. The van der Waals surface area contributed by atoms with Crippen molar-refractivity contribution in [3.05, 3.63) is 58.8 Å². The first-order chi connectivity index (χ1) is 12.4. The van der Waals surface area contributed by atoms with Crippen molar-refractivity contribution >= 4 is 10.9 Å². The average Bonchev–Trinajstić information content (AvgIpc) is 2.85. The van der Waals surface area contributed by atoms with Gasteiger partial charge in [-0.25, -0.2) is 4.98 Å². The molecule has 26 heavy (non-hydrogen) atoms. The minimum atomic E-state index is 0.0633. The van der Waals surface area contributed by atoms with Crippen LogP contribution in [0.15, 0.2) is 47.4 Å². The van der Waals surface area contributed by atoms with E-state index in [1.54, 1.807) is 6.20 Å². The SMILES string of the molecule is CC(C)(C)N1CCc2nc3cc(-c4ccccn4)ccc3c(=O)n2CC1. The van der Waals surface area contributed by atoms with Gasteiger partial charge in [0.05, 0.1) is 16.6 Å². The molecule has 134 valence electrons. The van der Waals surface area contributed by atoms with Gasteiger partial charge < -0.3 is 0 Å². The molecule has 5 nitrogen and oxygen atoms in total. The molecule has 1 aliphatic rings. The van der Waals surface area contributed by atoms with E-state index >= 15 is 0 Å². The Morgan fingerprint density at radius 1 is 1.04 bits per heavy atom. The Balaban J connectivity index is 1.79. The summed E-state index contributed by atoms with van der Waals surface area (Å²) in [5.41, 5.74) is 2.80. The summed E-state index contributed by atoms with van der Waals surface area (Å²) in [4.78, 5) is 24.7. The second-order valence-corrected chi connectivity index (χ2v) is 7.84. The maximum Gasteiger partial charge on any atom is 0.261 e. The molecular weight excluding hydrogens is 324 g/mol. The number of benzene rings is 1. The van der Waals surface area contributed by atoms with Crippen molar-refractivity contribution in [3.8, 4) is 11.3 Å². The van der Waals surface area contributed by atoms with Crippen LogP contribution in [0, 0.1) is 0 Å². The molecule has 1 aliphatic heterocycles. The minimum Gasteiger partial charge on any atom is -0.296 e. The number of rotatable bonds is 1. The summed E-state index contributed by atoms with van der Waals surface area (Å²) in [5, 5.41) is 0.678. The molecule has 4 rings (SSSR count). The first-order valence-electron chi connectivity index (χ1n) is 9.13. The van der Waals surface area contributed by atoms with Crippen molar-refractivity contribution in [2.45, 2.75) is 39.3 Å². The number of hydrogen-bond donors (Lipinski definition) is 0. The van der Waals surface area contributed by atoms with Crippen molar-refractivity contribution in [2.75, 3.05) is 13.1 Å². The fraction of sp³-hybridized carbons (Fsp3) is 0.381. The highest BCUT2D eigenvalue weighted by Crippen LogP contribution is 2.22. The quantitative estimate of drug-likeness (QED) is 0.678. The molecule has 0 saturated heterocycles. The third-order valence-electron chi connectivity index (χ3n) is 5.14. The Hall–Kier alpha value is -2.53. The summed E-state index contributed by atoms with van der Waals surface area (Å²) in [6.45, 7) is 9.13. The van der Waals surface area contributed by atoms with Gasteiger partial charge in [-0.3, -0.25) is 19.2 Å². The number of pyridine rings is 1. The molecule has 0 radical (unpaired) electrons. The smallest absolute Gasteiger partial charge is 0.261 e. The molecular formula is C21H24N4O. The molecule has 0 aliphatic carbocycles. The lowest BCUT2D eigenvalue weighted by Crippen LogP contribution is -2.43. The van der Waals surface area contributed by atoms with Crippen LogP contribution in [0.2, 0.25) is 0 Å². The van der Waals surface area contributed by atoms with Gasteiger partial charge in [-0.15, -0.1) is 0 Å². The third-order valence-corrected chi connectivity index (χ3v) is 5.14. The van der Waals surface area contributed by atoms with E-state index in [0.717, 1.165) is 42.1 Å². The summed E-state index contributed by atoms with van der Waals surface area (Å²) < 4.78 is 1.86. The standard InChI is InChI=1S/C21H24N4O/c1-21(2,3)24-11-9-19-23-18-14-15(17-6-4-5-10-22-17)7-8-16(18)20(26)25(19)13-12-24/h4-8,10,14H,9,11-13H2,1-3H3. The van der Waals surface area contributed by atoms with Crippen LogP contribution >= 0.6 is 0 Å². The van der Waals surface area contributed by atoms with Gasteiger partial charge in [0.1, 0.15) is 5.82 Å². The van der Waals surface area contributed by atoms with Crippen LogP contribution in [0.5, 0.6) is 0 Å². The van der Waals surface area contributed by atoms with Crippen molar-refractivity contribution in [3.63, 3.8) is 0 Å². The van der Waals surface area contributed by atoms with Gasteiger partial charge in [0.15, 0.2) is 0 Å². The molecule has 0 bridgehead atoms. The van der Waals surface area contributed by atoms with Crippen LogP contribution in [0.1, 0.15) is 26.6 Å². The molecule has 2 aromatic heterocycles. The van der Waals surface area contributed by atoms with E-state index in [0.29, 0.717) is 11.9 Å². The topological polar surface area (TPSA) is 51.0 Å². The second-order valence-electron chi connectivity index (χ2n) is 7.84. The zero-order chi connectivity index (χ0) is 18.3. The Labute approximate surface area is 153 Å². The van der Waals surface area contributed by atoms with Crippen molar-refractivity contribution in [1.82, 2.24) is 19.4 Å². The van der Waals surface area contributed by atoms with Gasteiger partial charge in [0.25, 0.3) is 5.56 Å². The molecule has 0 N–H and O–H groups in total. The van der Waals surface area contributed by atoms with E-state index in [1.807, 2.05) is 41.0 Å². The monoisotopic (exact) mass is 348 g/mol. The molecule has 0 amide bonds. The van der Waals surface area contributed by atoms with Crippen LogP contribution in [0.4, 0.5) is 0 Å². The predicted octanol–water partition coefficient (Wildman–Crippen LogP) is 3.12. The number of fused-ring (bicyclic) bond motifs is 2. The summed E-state index contributed by atoms with van der Waals surface area (Å²) in [5.74, 6) is 0.882. The highest BCUT2D eigenvalue weighted by molar-refractivity contribution is 5.83. The van der Waals surface area contributed by atoms with Crippen LogP contribution in [-0.4, -0.2) is 38.1 Å². The first-order valence-corrected chi connectivity index (χ1v) is 9.13. The van der Waals surface area contributed by atoms with Crippen LogP contribution in [0.25, 0.3) is 22.2 Å². The van der Waals surface area contributed by atoms with E-state index in [-0.39, 0.29) is 11.1 Å². The number of hydrogen-bond acceptors (Lipinski definition) is 4. The molecule has 3 heterocycles. The Morgan fingerprint density at radius 2 is 1.88 bits per heavy atom. The molecule has 3 aromatic rings. The summed E-state index contributed by atoms with van der Waals surface area (Å²) in [6.07, 6.45) is 2.57. The maximum atomic E-state index is 13.0. The van der Waals surface area contributed by atoms with E-state index < -0.39 is 0 Å². The molecule has 0 fully saturated rings. The van der Waals surface area contributed by atoms with Crippen LogP contribution < -0.4 is 5.56 Å². The van der Waals surface area contributed by atoms with Crippen molar-refractivity contribution in [1.29, 1.82) is 0 Å². The molecule has 5 heteroatoms. The zero-order valence-corrected chi connectivity index (χ0v) is 15.6. The van der Waals surface area contributed by atoms with Crippen molar-refractivity contribution in [2.24, 2.45) is 0 Å². The van der Waals surface area contributed by atoms with Gasteiger partial charge in [-0.1, -0.05) is 12.1 Å². The highest BCUT2D eigenvalue weighted by Gasteiger charge is 2.25. The number of aromatic nitrogens is 3. The maximum absolute atomic E-state index is 13.0. The van der Waals surface area contributed by atoms with E-state index in [4.69, 9.17) is 4.98 Å². The zero-order valence-electron chi connectivity index (χ0n) is 15.6. The molecule has 1 aromatic carbocycles. The van der Waals surface area contributed by atoms with Crippen LogP contribution in [0.3, 0.4) is 0 Å². The van der Waals surface area contributed by atoms with E-state index in [2.05, 4.69) is 30.7 Å². The third kappa shape index (κ3) is 3.03. The predicted molar refractivity (Wildman–Crippen MR) is 104 cm³/mol. The molecule has 0 unspecified atom stereocenters. The molecule has 0 spiro atoms. The van der Waals surface area contributed by atoms with Gasteiger partial charge in [-0.2, -0.15) is 0 Å². The summed E-state index contributed by atoms with van der Waals surface area (Å²) >= 11 is 0. The van der Waals surface area contributed by atoms with Gasteiger partial charge in [0, 0.05) is 43.4 Å². The minimum absolute atomic E-state index is 0.0633. The highest BCUT2D eigenvalue weighted by atomic mass is 16.1. The largest absolute Gasteiger partial charge is 0.296 e. The summed E-state index contributed by atoms with van der Waals surface area (Å²) in [7, 11) is 0. The second kappa shape index (κ2) is 6.32.